The van der Waals surface area contributed by atoms with Crippen LogP contribution in [0.5, 0.6) is 6.01 Å². The van der Waals surface area contributed by atoms with Gasteiger partial charge in [0.1, 0.15) is 12.4 Å². The predicted octanol–water partition coefficient (Wildman–Crippen LogP) is 2.70. The van der Waals surface area contributed by atoms with Crippen molar-refractivity contribution in [3.63, 3.8) is 0 Å². The van der Waals surface area contributed by atoms with E-state index in [0.717, 1.165) is 58.2 Å². The molecule has 0 bridgehead atoms. The van der Waals surface area contributed by atoms with Crippen molar-refractivity contribution in [1.29, 1.82) is 0 Å². The van der Waals surface area contributed by atoms with Crippen molar-refractivity contribution in [2.24, 2.45) is 11.0 Å². The summed E-state index contributed by atoms with van der Waals surface area (Å²) >= 11 is 0. The Morgan fingerprint density at radius 3 is 2.67 bits per heavy atom. The van der Waals surface area contributed by atoms with Gasteiger partial charge in [-0.2, -0.15) is 15.1 Å². The molecule has 0 radical (unpaired) electrons. The Balaban J connectivity index is 1.29. The van der Waals surface area contributed by atoms with Crippen LogP contribution in [0.25, 0.3) is 0 Å². The van der Waals surface area contributed by atoms with E-state index in [1.165, 1.54) is 43.4 Å². The third-order valence-corrected chi connectivity index (χ3v) is 6.94. The third-order valence-electron chi connectivity index (χ3n) is 6.94. The smallest absolute Gasteiger partial charge is 0.320 e. The summed E-state index contributed by atoms with van der Waals surface area (Å²) in [5, 5.41) is 4.81. The topological polar surface area (TPSA) is 84.3 Å². The number of hydrazone groups is 1. The summed E-state index contributed by atoms with van der Waals surface area (Å²) in [6, 6.07) is 2.37. The number of aromatic nitrogens is 2. The van der Waals surface area contributed by atoms with E-state index >= 15 is 0 Å². The van der Waals surface area contributed by atoms with Gasteiger partial charge in [0.15, 0.2) is 5.82 Å². The van der Waals surface area contributed by atoms with E-state index in [4.69, 9.17) is 24.3 Å². The van der Waals surface area contributed by atoms with Crippen molar-refractivity contribution < 1.29 is 14.2 Å². The van der Waals surface area contributed by atoms with Crippen LogP contribution in [0.2, 0.25) is 0 Å². The summed E-state index contributed by atoms with van der Waals surface area (Å²) in [5.41, 5.74) is 5.87. The number of ether oxygens (including phenoxy) is 3. The van der Waals surface area contributed by atoms with Gasteiger partial charge in [-0.3, -0.25) is 10.3 Å². The highest BCUT2D eigenvalue weighted by atomic mass is 16.5. The molecule has 0 spiro atoms. The third kappa shape index (κ3) is 6.02. The Morgan fingerprint density at radius 2 is 1.82 bits per heavy atom. The Labute approximate surface area is 196 Å². The zero-order chi connectivity index (χ0) is 22.3. The van der Waals surface area contributed by atoms with E-state index in [1.807, 2.05) is 6.07 Å². The van der Waals surface area contributed by atoms with E-state index in [0.29, 0.717) is 37.6 Å². The molecule has 1 unspecified atom stereocenters. The maximum Gasteiger partial charge on any atom is 0.320 e. The van der Waals surface area contributed by atoms with Gasteiger partial charge in [-0.15, -0.1) is 0 Å². The molecule has 9 nitrogen and oxygen atoms in total. The molecule has 2 saturated heterocycles. The summed E-state index contributed by atoms with van der Waals surface area (Å²) in [6.45, 7) is 7.89. The molecule has 1 atom stereocenters. The predicted molar refractivity (Wildman–Crippen MR) is 128 cm³/mol. The zero-order valence-corrected chi connectivity index (χ0v) is 19.5. The molecule has 9 heteroatoms. The second-order valence-electron chi connectivity index (χ2n) is 9.15. The van der Waals surface area contributed by atoms with Gasteiger partial charge in [0, 0.05) is 38.8 Å². The highest BCUT2D eigenvalue weighted by molar-refractivity contribution is 6.01. The lowest BCUT2D eigenvalue weighted by Gasteiger charge is -2.30. The monoisotopic (exact) mass is 456 g/mol. The molecule has 3 fully saturated rings. The van der Waals surface area contributed by atoms with Gasteiger partial charge in [0.05, 0.1) is 32.1 Å². The van der Waals surface area contributed by atoms with E-state index in [-0.39, 0.29) is 0 Å². The summed E-state index contributed by atoms with van der Waals surface area (Å²) in [6.07, 6.45) is 9.69. The SMILES string of the molecule is C1=C2C(=NNc3cc(N4CCOCC4)nc(OCCN4CCOCC4)n3)CCCC2CCC1. The second-order valence-corrected chi connectivity index (χ2v) is 9.15. The molecule has 0 amide bonds. The van der Waals surface area contributed by atoms with Crippen LogP contribution >= 0.6 is 0 Å². The number of nitrogens with zero attached hydrogens (tertiary/aromatic N) is 5. The minimum Gasteiger partial charge on any atom is -0.462 e. The second kappa shape index (κ2) is 11.3. The number of fused-ring (bicyclic) bond motifs is 1. The molecule has 1 N–H and O–H groups in total. The Kier molecular flexibility index (Phi) is 7.70. The van der Waals surface area contributed by atoms with Crippen LogP contribution in [-0.4, -0.2) is 86.3 Å². The normalized spacial score (nSPS) is 25.5. The molecule has 1 saturated carbocycles. The number of allylic oxidation sites excluding steroid dienone is 2. The van der Waals surface area contributed by atoms with Crippen LogP contribution in [0.3, 0.4) is 0 Å². The van der Waals surface area contributed by atoms with Gasteiger partial charge >= 0.3 is 6.01 Å². The Morgan fingerprint density at radius 1 is 1.03 bits per heavy atom. The molecule has 5 rings (SSSR count). The zero-order valence-electron chi connectivity index (χ0n) is 19.5. The van der Waals surface area contributed by atoms with Crippen LogP contribution in [0, 0.1) is 5.92 Å². The lowest BCUT2D eigenvalue weighted by molar-refractivity contribution is 0.0317. The van der Waals surface area contributed by atoms with Crippen molar-refractivity contribution in [3.05, 3.63) is 17.7 Å². The van der Waals surface area contributed by atoms with Gasteiger partial charge in [0.25, 0.3) is 0 Å². The van der Waals surface area contributed by atoms with Gasteiger partial charge < -0.3 is 19.1 Å². The molecule has 1 aromatic rings. The maximum atomic E-state index is 6.00. The van der Waals surface area contributed by atoms with Crippen molar-refractivity contribution >= 4 is 17.3 Å². The minimum absolute atomic E-state index is 0.397. The lowest BCUT2D eigenvalue weighted by atomic mass is 9.77. The summed E-state index contributed by atoms with van der Waals surface area (Å²) in [4.78, 5) is 13.9. The Bertz CT molecular complexity index is 849. The number of hydrogen-bond acceptors (Lipinski definition) is 9. The molecule has 180 valence electrons. The van der Waals surface area contributed by atoms with Gasteiger partial charge in [-0.25, -0.2) is 0 Å². The fourth-order valence-corrected chi connectivity index (χ4v) is 5.08. The van der Waals surface area contributed by atoms with Crippen LogP contribution in [0.4, 0.5) is 11.6 Å². The fourth-order valence-electron chi connectivity index (χ4n) is 5.08. The molecule has 33 heavy (non-hydrogen) atoms. The highest BCUT2D eigenvalue weighted by Gasteiger charge is 2.26. The highest BCUT2D eigenvalue weighted by Crippen LogP contribution is 2.35. The molecule has 4 aliphatic rings. The van der Waals surface area contributed by atoms with E-state index in [1.54, 1.807) is 0 Å². The van der Waals surface area contributed by atoms with Crippen LogP contribution in [0.15, 0.2) is 22.8 Å². The number of morpholine rings is 2. The molecular formula is C24H36N6O3. The van der Waals surface area contributed by atoms with E-state index < -0.39 is 0 Å². The standard InChI is InChI=1S/C24H36N6O3/c1-2-6-20-19(4-1)5-3-7-21(20)27-28-22-18-23(30-11-15-32-16-12-30)26-24(25-22)33-17-10-29-8-13-31-14-9-29/h6,18-19H,1-5,7-17H2,(H,25,26,28). The fraction of sp³-hybridized carbons (Fsp3) is 0.708. The van der Waals surface area contributed by atoms with E-state index in [9.17, 15) is 0 Å². The van der Waals surface area contributed by atoms with Crippen molar-refractivity contribution in [1.82, 2.24) is 14.9 Å². The molecule has 2 aliphatic heterocycles. The van der Waals surface area contributed by atoms with Gasteiger partial charge in [-0.1, -0.05) is 6.08 Å². The molecule has 3 heterocycles. The van der Waals surface area contributed by atoms with Crippen molar-refractivity contribution in [2.45, 2.75) is 38.5 Å². The average molecular weight is 457 g/mol. The number of rotatable bonds is 7. The summed E-state index contributed by atoms with van der Waals surface area (Å²) < 4.78 is 16.9. The lowest BCUT2D eigenvalue weighted by Crippen LogP contribution is -2.39. The first kappa shape index (κ1) is 22.6. The molecular weight excluding hydrogens is 420 g/mol. The summed E-state index contributed by atoms with van der Waals surface area (Å²) in [5.74, 6) is 2.22. The van der Waals surface area contributed by atoms with E-state index in [2.05, 4.69) is 26.3 Å². The van der Waals surface area contributed by atoms with Gasteiger partial charge in [-0.05, 0) is 50.0 Å². The maximum absolute atomic E-state index is 6.00. The minimum atomic E-state index is 0.397. The largest absolute Gasteiger partial charge is 0.462 e. The van der Waals surface area contributed by atoms with Crippen LogP contribution in [-0.2, 0) is 9.47 Å². The van der Waals surface area contributed by atoms with Crippen molar-refractivity contribution in [2.75, 3.05) is 76.1 Å². The quantitative estimate of drug-likeness (QED) is 0.627. The first-order valence-corrected chi connectivity index (χ1v) is 12.5. The number of anilines is 2. The van der Waals surface area contributed by atoms with Gasteiger partial charge in [0.2, 0.25) is 0 Å². The molecule has 2 aliphatic carbocycles. The molecule has 0 aromatic carbocycles. The van der Waals surface area contributed by atoms with Crippen LogP contribution < -0.4 is 15.1 Å². The van der Waals surface area contributed by atoms with Crippen molar-refractivity contribution in [3.8, 4) is 6.01 Å². The average Bonchev–Trinajstić information content (AvgIpc) is 2.88. The summed E-state index contributed by atoms with van der Waals surface area (Å²) in [7, 11) is 0. The van der Waals surface area contributed by atoms with Crippen LogP contribution in [0.1, 0.15) is 38.5 Å². The first-order valence-electron chi connectivity index (χ1n) is 12.5. The number of hydrogen-bond donors (Lipinski definition) is 1. The Hall–Kier alpha value is -2.23. The number of nitrogens with one attached hydrogen (secondary N) is 1. The molecule has 1 aromatic heterocycles. The first-order chi connectivity index (χ1) is 16.3.